The van der Waals surface area contributed by atoms with E-state index in [1.165, 1.54) is 19.3 Å². The molecule has 0 aromatic heterocycles. The number of fused-ring (bicyclic) bond motifs is 2. The average molecular weight is 154 g/mol. The Morgan fingerprint density at radius 3 is 2.55 bits per heavy atom. The molecule has 0 aliphatic heterocycles. The van der Waals surface area contributed by atoms with E-state index in [1.807, 2.05) is 7.11 Å². The standard InChI is InChI=1S/C10H18O/c1-7-8-3-4-9(5-8)10(7)6-11-2/h7-10H,3-6H2,1-2H3/t7?,8-,9+,10?/m1/s1. The maximum Gasteiger partial charge on any atom is 0.0495 e. The van der Waals surface area contributed by atoms with Gasteiger partial charge in [0.15, 0.2) is 0 Å². The number of methoxy groups -OCH3 is 1. The molecule has 0 radical (unpaired) electrons. The topological polar surface area (TPSA) is 9.23 Å². The monoisotopic (exact) mass is 154 g/mol. The van der Waals surface area contributed by atoms with E-state index >= 15 is 0 Å². The first-order chi connectivity index (χ1) is 5.33. The number of rotatable bonds is 2. The normalized spacial score (nSPS) is 48.5. The van der Waals surface area contributed by atoms with Gasteiger partial charge in [-0.3, -0.25) is 0 Å². The van der Waals surface area contributed by atoms with Gasteiger partial charge in [0.1, 0.15) is 0 Å². The Balaban J connectivity index is 2.00. The second kappa shape index (κ2) is 2.78. The van der Waals surface area contributed by atoms with Crippen LogP contribution in [0.4, 0.5) is 0 Å². The van der Waals surface area contributed by atoms with Gasteiger partial charge < -0.3 is 4.74 Å². The molecule has 0 aromatic rings. The molecule has 2 rings (SSSR count). The first kappa shape index (κ1) is 7.60. The molecular formula is C10H18O. The molecule has 2 aliphatic carbocycles. The zero-order chi connectivity index (χ0) is 7.84. The predicted octanol–water partition coefficient (Wildman–Crippen LogP) is 2.32. The van der Waals surface area contributed by atoms with Crippen LogP contribution in [-0.4, -0.2) is 13.7 Å². The largest absolute Gasteiger partial charge is 0.384 e. The molecule has 1 nitrogen and oxygen atoms in total. The summed E-state index contributed by atoms with van der Waals surface area (Å²) in [6, 6.07) is 0. The van der Waals surface area contributed by atoms with Crippen molar-refractivity contribution in [3.8, 4) is 0 Å². The first-order valence-corrected chi connectivity index (χ1v) is 4.82. The Morgan fingerprint density at radius 1 is 1.27 bits per heavy atom. The molecule has 64 valence electrons. The first-order valence-electron chi connectivity index (χ1n) is 4.82. The molecule has 2 saturated carbocycles. The fraction of sp³-hybridized carbons (Fsp3) is 1.00. The van der Waals surface area contributed by atoms with Gasteiger partial charge in [-0.25, -0.2) is 0 Å². The van der Waals surface area contributed by atoms with Crippen LogP contribution in [-0.2, 0) is 4.74 Å². The van der Waals surface area contributed by atoms with E-state index in [4.69, 9.17) is 4.74 Å². The Morgan fingerprint density at radius 2 is 2.00 bits per heavy atom. The molecule has 2 unspecified atom stereocenters. The third-order valence-corrected chi connectivity index (χ3v) is 3.90. The minimum absolute atomic E-state index is 0.888. The van der Waals surface area contributed by atoms with Crippen molar-refractivity contribution in [2.45, 2.75) is 26.2 Å². The van der Waals surface area contributed by atoms with Gasteiger partial charge in [-0.05, 0) is 42.9 Å². The highest BCUT2D eigenvalue weighted by Crippen LogP contribution is 2.51. The number of hydrogen-bond donors (Lipinski definition) is 0. The van der Waals surface area contributed by atoms with Gasteiger partial charge in [-0.1, -0.05) is 6.92 Å². The molecule has 1 heteroatoms. The van der Waals surface area contributed by atoms with Crippen LogP contribution >= 0.6 is 0 Å². The van der Waals surface area contributed by atoms with E-state index in [1.54, 1.807) is 0 Å². The van der Waals surface area contributed by atoms with Crippen molar-refractivity contribution in [2.75, 3.05) is 13.7 Å². The third kappa shape index (κ3) is 1.10. The Kier molecular flexibility index (Phi) is 1.92. The summed E-state index contributed by atoms with van der Waals surface area (Å²) >= 11 is 0. The molecule has 0 N–H and O–H groups in total. The van der Waals surface area contributed by atoms with Crippen LogP contribution in [0.3, 0.4) is 0 Å². The molecular weight excluding hydrogens is 136 g/mol. The van der Waals surface area contributed by atoms with Crippen LogP contribution in [0.25, 0.3) is 0 Å². The molecule has 11 heavy (non-hydrogen) atoms. The molecule has 2 aliphatic rings. The minimum Gasteiger partial charge on any atom is -0.384 e. The summed E-state index contributed by atoms with van der Waals surface area (Å²) in [4.78, 5) is 0. The lowest BCUT2D eigenvalue weighted by Gasteiger charge is -2.27. The lowest BCUT2D eigenvalue weighted by atomic mass is 9.81. The van der Waals surface area contributed by atoms with Gasteiger partial charge in [0.25, 0.3) is 0 Å². The summed E-state index contributed by atoms with van der Waals surface area (Å²) in [6.45, 7) is 3.41. The highest BCUT2D eigenvalue weighted by atomic mass is 16.5. The van der Waals surface area contributed by atoms with Crippen LogP contribution < -0.4 is 0 Å². The Hall–Kier alpha value is -0.0400. The maximum atomic E-state index is 5.25. The summed E-state index contributed by atoms with van der Waals surface area (Å²) in [5.74, 6) is 3.88. The van der Waals surface area contributed by atoms with Crippen LogP contribution in [0, 0.1) is 23.7 Å². The second-order valence-corrected chi connectivity index (χ2v) is 4.31. The van der Waals surface area contributed by atoms with Crippen LogP contribution in [0.2, 0.25) is 0 Å². The SMILES string of the molecule is COCC1C(C)[C@@H]2CC[C@H]1C2. The lowest BCUT2D eigenvalue weighted by Crippen LogP contribution is -2.23. The molecule has 2 fully saturated rings. The van der Waals surface area contributed by atoms with E-state index in [9.17, 15) is 0 Å². The van der Waals surface area contributed by atoms with Crippen molar-refractivity contribution in [1.29, 1.82) is 0 Å². The quantitative estimate of drug-likeness (QED) is 0.593. The van der Waals surface area contributed by atoms with Crippen LogP contribution in [0.5, 0.6) is 0 Å². The van der Waals surface area contributed by atoms with Gasteiger partial charge in [-0.2, -0.15) is 0 Å². The summed E-state index contributed by atoms with van der Waals surface area (Å²) in [5.41, 5.74) is 0. The van der Waals surface area contributed by atoms with E-state index in [0.717, 1.165) is 30.3 Å². The van der Waals surface area contributed by atoms with E-state index in [0.29, 0.717) is 0 Å². The predicted molar refractivity (Wildman–Crippen MR) is 45.4 cm³/mol. The van der Waals surface area contributed by atoms with Crippen molar-refractivity contribution < 1.29 is 4.74 Å². The molecule has 2 bridgehead atoms. The van der Waals surface area contributed by atoms with E-state index in [2.05, 4.69) is 6.92 Å². The van der Waals surface area contributed by atoms with E-state index < -0.39 is 0 Å². The molecule has 0 heterocycles. The molecule has 0 saturated heterocycles. The van der Waals surface area contributed by atoms with Crippen molar-refractivity contribution in [1.82, 2.24) is 0 Å². The number of hydrogen-bond acceptors (Lipinski definition) is 1. The second-order valence-electron chi connectivity index (χ2n) is 4.31. The van der Waals surface area contributed by atoms with Gasteiger partial charge in [0, 0.05) is 13.7 Å². The van der Waals surface area contributed by atoms with Gasteiger partial charge in [-0.15, -0.1) is 0 Å². The van der Waals surface area contributed by atoms with Crippen LogP contribution in [0.1, 0.15) is 26.2 Å². The summed E-state index contributed by atoms with van der Waals surface area (Å²) in [6.07, 6.45) is 4.46. The van der Waals surface area contributed by atoms with Crippen molar-refractivity contribution in [3.05, 3.63) is 0 Å². The highest BCUT2D eigenvalue weighted by molar-refractivity contribution is 4.94. The molecule has 0 aromatic carbocycles. The van der Waals surface area contributed by atoms with Crippen molar-refractivity contribution in [3.63, 3.8) is 0 Å². The van der Waals surface area contributed by atoms with Gasteiger partial charge in [0.05, 0.1) is 0 Å². The zero-order valence-corrected chi connectivity index (χ0v) is 7.55. The summed E-state index contributed by atoms with van der Waals surface area (Å²) in [7, 11) is 1.83. The van der Waals surface area contributed by atoms with Gasteiger partial charge in [0.2, 0.25) is 0 Å². The van der Waals surface area contributed by atoms with Gasteiger partial charge >= 0.3 is 0 Å². The fourth-order valence-electron chi connectivity index (χ4n) is 3.18. The fourth-order valence-corrected chi connectivity index (χ4v) is 3.18. The maximum absolute atomic E-state index is 5.25. The molecule has 0 amide bonds. The summed E-state index contributed by atoms with van der Waals surface area (Å²) in [5, 5.41) is 0. The Bertz CT molecular complexity index is 142. The zero-order valence-electron chi connectivity index (χ0n) is 7.55. The smallest absolute Gasteiger partial charge is 0.0495 e. The molecule has 0 spiro atoms. The third-order valence-electron chi connectivity index (χ3n) is 3.90. The van der Waals surface area contributed by atoms with Crippen molar-refractivity contribution in [2.24, 2.45) is 23.7 Å². The average Bonchev–Trinajstić information content (AvgIpc) is 2.54. The molecule has 4 atom stereocenters. The lowest BCUT2D eigenvalue weighted by molar-refractivity contribution is 0.0929. The van der Waals surface area contributed by atoms with Crippen molar-refractivity contribution >= 4 is 0 Å². The Labute approximate surface area is 69.1 Å². The van der Waals surface area contributed by atoms with E-state index in [-0.39, 0.29) is 0 Å². The number of ether oxygens (including phenoxy) is 1. The van der Waals surface area contributed by atoms with Crippen LogP contribution in [0.15, 0.2) is 0 Å². The minimum atomic E-state index is 0.888. The highest BCUT2D eigenvalue weighted by Gasteiger charge is 2.44. The summed E-state index contributed by atoms with van der Waals surface area (Å²) < 4.78 is 5.25.